The van der Waals surface area contributed by atoms with Gasteiger partial charge in [0.2, 0.25) is 5.91 Å². The molecular formula is C17H26N2O2S. The second-order valence-electron chi connectivity index (χ2n) is 5.78. The highest BCUT2D eigenvalue weighted by Crippen LogP contribution is 2.24. The van der Waals surface area contributed by atoms with Crippen LogP contribution >= 0.6 is 11.8 Å². The average molecular weight is 322 g/mol. The van der Waals surface area contributed by atoms with Gasteiger partial charge in [0.15, 0.2) is 0 Å². The number of ether oxygens (including phenoxy) is 1. The summed E-state index contributed by atoms with van der Waals surface area (Å²) in [5.74, 6) is 1.89. The van der Waals surface area contributed by atoms with Crippen LogP contribution in [0.25, 0.3) is 0 Å². The number of likely N-dealkylation sites (tertiary alicyclic amines) is 1. The highest BCUT2D eigenvalue weighted by atomic mass is 32.2. The van der Waals surface area contributed by atoms with Gasteiger partial charge in [-0.1, -0.05) is 0 Å². The van der Waals surface area contributed by atoms with E-state index in [1.54, 1.807) is 18.9 Å². The Hall–Kier alpha value is -1.20. The number of hydrogen-bond donors (Lipinski definition) is 1. The van der Waals surface area contributed by atoms with Crippen LogP contribution in [0.4, 0.5) is 0 Å². The first-order valence-corrected chi connectivity index (χ1v) is 8.92. The van der Waals surface area contributed by atoms with Crippen LogP contribution in [0, 0.1) is 0 Å². The fourth-order valence-corrected chi connectivity index (χ4v) is 3.73. The van der Waals surface area contributed by atoms with Crippen molar-refractivity contribution < 1.29 is 9.53 Å². The van der Waals surface area contributed by atoms with Crippen LogP contribution < -0.4 is 10.5 Å². The summed E-state index contributed by atoms with van der Waals surface area (Å²) in [7, 11) is 1.66. The predicted octanol–water partition coefficient (Wildman–Crippen LogP) is 2.91. The van der Waals surface area contributed by atoms with Gasteiger partial charge in [-0.15, -0.1) is 11.8 Å². The Balaban J connectivity index is 1.81. The van der Waals surface area contributed by atoms with Gasteiger partial charge in [0.25, 0.3) is 0 Å². The first-order chi connectivity index (χ1) is 10.6. The number of rotatable bonds is 6. The molecule has 0 bridgehead atoms. The molecule has 1 heterocycles. The van der Waals surface area contributed by atoms with Crippen molar-refractivity contribution in [2.24, 2.45) is 5.73 Å². The first kappa shape index (κ1) is 17.2. The minimum absolute atomic E-state index is 0.0542. The van der Waals surface area contributed by atoms with E-state index in [4.69, 9.17) is 10.5 Å². The minimum Gasteiger partial charge on any atom is -0.497 e. The Morgan fingerprint density at radius 1 is 1.41 bits per heavy atom. The molecule has 22 heavy (non-hydrogen) atoms. The highest BCUT2D eigenvalue weighted by molar-refractivity contribution is 7.99. The van der Waals surface area contributed by atoms with E-state index >= 15 is 0 Å². The molecule has 0 aromatic heterocycles. The Kier molecular flexibility index (Phi) is 6.58. The van der Waals surface area contributed by atoms with Crippen molar-refractivity contribution in [1.29, 1.82) is 0 Å². The summed E-state index contributed by atoms with van der Waals surface area (Å²) in [5, 5.41) is 0. The number of piperidine rings is 1. The van der Waals surface area contributed by atoms with Gasteiger partial charge in [-0.3, -0.25) is 4.79 Å². The Morgan fingerprint density at radius 2 is 2.14 bits per heavy atom. The Labute approximate surface area is 137 Å². The summed E-state index contributed by atoms with van der Waals surface area (Å²) < 4.78 is 5.14. The summed E-state index contributed by atoms with van der Waals surface area (Å²) in [6.07, 6.45) is 3.88. The van der Waals surface area contributed by atoms with Gasteiger partial charge in [-0.25, -0.2) is 0 Å². The van der Waals surface area contributed by atoms with Crippen molar-refractivity contribution in [3.8, 4) is 5.75 Å². The molecule has 122 valence electrons. The van der Waals surface area contributed by atoms with Gasteiger partial charge in [0, 0.05) is 35.7 Å². The third kappa shape index (κ3) is 4.65. The molecule has 1 aliphatic rings. The maximum Gasteiger partial charge on any atom is 0.223 e. The zero-order valence-electron chi connectivity index (χ0n) is 13.5. The highest BCUT2D eigenvalue weighted by Gasteiger charge is 2.28. The number of carbonyl (C=O) groups is 1. The maximum atomic E-state index is 12.4. The number of nitrogens with two attached hydrogens (primary N) is 1. The Bertz CT molecular complexity index is 476. The van der Waals surface area contributed by atoms with Crippen LogP contribution in [-0.4, -0.2) is 42.3 Å². The standard InChI is InChI=1S/C17H26N2O2S/c1-13(18)16-5-3-4-11-19(16)17(20)10-12-22-15-8-6-14(21-2)7-9-15/h6-9,13,16H,3-5,10-12,18H2,1-2H3. The smallest absolute Gasteiger partial charge is 0.223 e. The fourth-order valence-electron chi connectivity index (χ4n) is 2.89. The lowest BCUT2D eigenvalue weighted by atomic mass is 9.96. The molecular weight excluding hydrogens is 296 g/mol. The van der Waals surface area contributed by atoms with Gasteiger partial charge in [0.05, 0.1) is 7.11 Å². The third-order valence-corrected chi connectivity index (χ3v) is 5.13. The van der Waals surface area contributed by atoms with Crippen LogP contribution in [0.1, 0.15) is 32.6 Å². The van der Waals surface area contributed by atoms with Gasteiger partial charge in [-0.2, -0.15) is 0 Å². The van der Waals surface area contributed by atoms with Gasteiger partial charge < -0.3 is 15.4 Å². The molecule has 2 N–H and O–H groups in total. The molecule has 2 unspecified atom stereocenters. The lowest BCUT2D eigenvalue weighted by molar-refractivity contribution is -0.134. The van der Waals surface area contributed by atoms with E-state index < -0.39 is 0 Å². The van der Waals surface area contributed by atoms with E-state index in [0.29, 0.717) is 6.42 Å². The minimum atomic E-state index is 0.0542. The molecule has 1 aromatic rings. The summed E-state index contributed by atoms with van der Waals surface area (Å²) in [6, 6.07) is 8.21. The molecule has 0 saturated carbocycles. The van der Waals surface area contributed by atoms with Gasteiger partial charge >= 0.3 is 0 Å². The summed E-state index contributed by atoms with van der Waals surface area (Å²) in [4.78, 5) is 15.6. The van der Waals surface area contributed by atoms with Crippen LogP contribution in [0.15, 0.2) is 29.2 Å². The molecule has 0 spiro atoms. The second kappa shape index (κ2) is 8.44. The molecule has 1 saturated heterocycles. The van der Waals surface area contributed by atoms with E-state index in [2.05, 4.69) is 0 Å². The fraction of sp³-hybridized carbons (Fsp3) is 0.588. The first-order valence-electron chi connectivity index (χ1n) is 7.93. The van der Waals surface area contributed by atoms with E-state index in [9.17, 15) is 4.79 Å². The van der Waals surface area contributed by atoms with E-state index in [1.165, 1.54) is 6.42 Å². The number of nitrogens with zero attached hydrogens (tertiary/aromatic N) is 1. The van der Waals surface area contributed by atoms with E-state index in [0.717, 1.165) is 35.8 Å². The van der Waals surface area contributed by atoms with Crippen molar-refractivity contribution >= 4 is 17.7 Å². The largest absolute Gasteiger partial charge is 0.497 e. The maximum absolute atomic E-state index is 12.4. The molecule has 4 nitrogen and oxygen atoms in total. The number of amides is 1. The molecule has 5 heteroatoms. The lowest BCUT2D eigenvalue weighted by Crippen LogP contribution is -2.51. The molecule has 1 fully saturated rings. The second-order valence-corrected chi connectivity index (χ2v) is 6.95. The normalized spacial score (nSPS) is 19.8. The van der Waals surface area contributed by atoms with E-state index in [1.807, 2.05) is 36.1 Å². The van der Waals surface area contributed by atoms with Crippen LogP contribution in [0.2, 0.25) is 0 Å². The number of benzene rings is 1. The number of hydrogen-bond acceptors (Lipinski definition) is 4. The van der Waals surface area contributed by atoms with Crippen LogP contribution in [0.3, 0.4) is 0 Å². The zero-order valence-corrected chi connectivity index (χ0v) is 14.3. The molecule has 1 aromatic carbocycles. The molecule has 0 radical (unpaired) electrons. The SMILES string of the molecule is COc1ccc(SCCC(=O)N2CCCCC2C(C)N)cc1. The predicted molar refractivity (Wildman–Crippen MR) is 91.3 cm³/mol. The zero-order chi connectivity index (χ0) is 15.9. The van der Waals surface area contributed by atoms with Crippen LogP contribution in [-0.2, 0) is 4.79 Å². The van der Waals surface area contributed by atoms with Crippen molar-refractivity contribution in [1.82, 2.24) is 4.90 Å². The Morgan fingerprint density at radius 3 is 2.77 bits per heavy atom. The van der Waals surface area contributed by atoms with Crippen molar-refractivity contribution in [3.05, 3.63) is 24.3 Å². The molecule has 2 rings (SSSR count). The summed E-state index contributed by atoms with van der Waals surface area (Å²) in [5.41, 5.74) is 6.03. The topological polar surface area (TPSA) is 55.6 Å². The number of carbonyl (C=O) groups excluding carboxylic acids is 1. The van der Waals surface area contributed by atoms with Crippen molar-refractivity contribution in [2.75, 3.05) is 19.4 Å². The quantitative estimate of drug-likeness (QED) is 0.818. The van der Waals surface area contributed by atoms with Crippen LogP contribution in [0.5, 0.6) is 5.75 Å². The molecule has 2 atom stereocenters. The molecule has 1 amide bonds. The van der Waals surface area contributed by atoms with Crippen molar-refractivity contribution in [2.45, 2.75) is 49.6 Å². The van der Waals surface area contributed by atoms with Gasteiger partial charge in [0.1, 0.15) is 5.75 Å². The average Bonchev–Trinajstić information content (AvgIpc) is 2.55. The molecule has 1 aliphatic heterocycles. The monoisotopic (exact) mass is 322 g/mol. The molecule has 0 aliphatic carbocycles. The number of thioether (sulfide) groups is 1. The lowest BCUT2D eigenvalue weighted by Gasteiger charge is -2.38. The van der Waals surface area contributed by atoms with Crippen molar-refractivity contribution in [3.63, 3.8) is 0 Å². The van der Waals surface area contributed by atoms with E-state index in [-0.39, 0.29) is 18.0 Å². The summed E-state index contributed by atoms with van der Waals surface area (Å²) in [6.45, 7) is 2.86. The third-order valence-electron chi connectivity index (χ3n) is 4.12. The number of methoxy groups -OCH3 is 1. The summed E-state index contributed by atoms with van der Waals surface area (Å²) >= 11 is 1.71. The van der Waals surface area contributed by atoms with Gasteiger partial charge in [-0.05, 0) is 50.5 Å².